The Bertz CT molecular complexity index is 358. The van der Waals surface area contributed by atoms with Gasteiger partial charge in [-0.05, 0) is 19.3 Å². The average Bonchev–Trinajstić information content (AvgIpc) is 2.65. The Balaban J connectivity index is 3.91. The van der Waals surface area contributed by atoms with Crippen molar-refractivity contribution in [3.63, 3.8) is 0 Å². The lowest BCUT2D eigenvalue weighted by atomic mass is 10.1. The van der Waals surface area contributed by atoms with E-state index in [4.69, 9.17) is 0 Å². The van der Waals surface area contributed by atoms with E-state index in [-0.39, 0.29) is 18.2 Å². The van der Waals surface area contributed by atoms with Gasteiger partial charge in [-0.15, -0.1) is 0 Å². The van der Waals surface area contributed by atoms with E-state index in [1.807, 2.05) is 4.90 Å². The van der Waals surface area contributed by atoms with Crippen molar-refractivity contribution in [2.75, 3.05) is 19.6 Å². The standard InChI is InChI=1S/C23H46N2O2/c1-4-7-10-11-12-13-14-15-16-17-20-25(19-9-6-3)23(27)21-22(26)24-18-8-5-2/h4-21H2,1-3H3,(H,24,26). The van der Waals surface area contributed by atoms with Gasteiger partial charge in [-0.3, -0.25) is 9.59 Å². The Morgan fingerprint density at radius 1 is 0.630 bits per heavy atom. The number of hydrogen-bond acceptors (Lipinski definition) is 2. The molecule has 0 spiro atoms. The monoisotopic (exact) mass is 382 g/mol. The lowest BCUT2D eigenvalue weighted by Gasteiger charge is -2.22. The zero-order valence-electron chi connectivity index (χ0n) is 18.5. The van der Waals surface area contributed by atoms with Crippen molar-refractivity contribution in [2.45, 2.75) is 117 Å². The van der Waals surface area contributed by atoms with Crippen LogP contribution >= 0.6 is 0 Å². The summed E-state index contributed by atoms with van der Waals surface area (Å²) in [4.78, 5) is 26.2. The van der Waals surface area contributed by atoms with E-state index in [2.05, 4.69) is 26.1 Å². The van der Waals surface area contributed by atoms with Crippen LogP contribution in [0.2, 0.25) is 0 Å². The minimum atomic E-state index is -0.127. The second-order valence-corrected chi connectivity index (χ2v) is 7.80. The van der Waals surface area contributed by atoms with Crippen LogP contribution in [0.25, 0.3) is 0 Å². The highest BCUT2D eigenvalue weighted by Crippen LogP contribution is 2.11. The molecule has 1 N–H and O–H groups in total. The minimum absolute atomic E-state index is 0.00515. The van der Waals surface area contributed by atoms with E-state index in [0.717, 1.165) is 45.2 Å². The SMILES string of the molecule is CCCCCCCCCCCCN(CCCC)C(=O)CC(=O)NCCCC. The zero-order valence-corrected chi connectivity index (χ0v) is 18.5. The maximum Gasteiger partial charge on any atom is 0.232 e. The predicted molar refractivity (Wildman–Crippen MR) is 116 cm³/mol. The summed E-state index contributed by atoms with van der Waals surface area (Å²) < 4.78 is 0. The average molecular weight is 383 g/mol. The van der Waals surface area contributed by atoms with Gasteiger partial charge in [0.15, 0.2) is 0 Å². The topological polar surface area (TPSA) is 49.4 Å². The summed E-state index contributed by atoms with van der Waals surface area (Å²) in [5.74, 6) is -0.133. The molecule has 0 atom stereocenters. The van der Waals surface area contributed by atoms with Crippen LogP contribution in [-0.2, 0) is 9.59 Å². The molecule has 0 fully saturated rings. The molecule has 160 valence electrons. The zero-order chi connectivity index (χ0) is 20.2. The van der Waals surface area contributed by atoms with Gasteiger partial charge in [-0.25, -0.2) is 0 Å². The molecule has 27 heavy (non-hydrogen) atoms. The number of hydrogen-bond donors (Lipinski definition) is 1. The fourth-order valence-corrected chi connectivity index (χ4v) is 3.22. The molecule has 0 aliphatic carbocycles. The van der Waals surface area contributed by atoms with Gasteiger partial charge < -0.3 is 10.2 Å². The first-order valence-corrected chi connectivity index (χ1v) is 11.7. The highest BCUT2D eigenvalue weighted by Gasteiger charge is 2.16. The maximum atomic E-state index is 12.4. The number of rotatable bonds is 19. The van der Waals surface area contributed by atoms with Crippen molar-refractivity contribution >= 4 is 11.8 Å². The van der Waals surface area contributed by atoms with Gasteiger partial charge in [0, 0.05) is 19.6 Å². The Labute approximate surface area is 168 Å². The van der Waals surface area contributed by atoms with Crippen LogP contribution in [-0.4, -0.2) is 36.3 Å². The molecule has 0 rings (SSSR count). The summed E-state index contributed by atoms with van der Waals surface area (Å²) >= 11 is 0. The minimum Gasteiger partial charge on any atom is -0.356 e. The fraction of sp³-hybridized carbons (Fsp3) is 0.913. The molecule has 0 aromatic carbocycles. The summed E-state index contributed by atoms with van der Waals surface area (Å²) in [6, 6.07) is 0. The number of nitrogens with zero attached hydrogens (tertiary/aromatic N) is 1. The first-order valence-electron chi connectivity index (χ1n) is 11.7. The van der Waals surface area contributed by atoms with Gasteiger partial charge in [0.1, 0.15) is 6.42 Å². The molecule has 0 aliphatic rings. The van der Waals surface area contributed by atoms with Crippen molar-refractivity contribution in [2.24, 2.45) is 0 Å². The summed E-state index contributed by atoms with van der Waals surface area (Å²) in [5.41, 5.74) is 0. The number of amides is 2. The van der Waals surface area contributed by atoms with E-state index >= 15 is 0 Å². The third-order valence-corrected chi connectivity index (χ3v) is 5.08. The highest BCUT2D eigenvalue weighted by atomic mass is 16.2. The molecule has 0 saturated heterocycles. The lowest BCUT2D eigenvalue weighted by molar-refractivity contribution is -0.136. The maximum absolute atomic E-state index is 12.4. The Morgan fingerprint density at radius 3 is 1.67 bits per heavy atom. The van der Waals surface area contributed by atoms with E-state index < -0.39 is 0 Å². The van der Waals surface area contributed by atoms with Crippen LogP contribution < -0.4 is 5.32 Å². The molecule has 0 aromatic heterocycles. The van der Waals surface area contributed by atoms with Crippen LogP contribution in [0.3, 0.4) is 0 Å². The molecule has 4 heteroatoms. The quantitative estimate of drug-likeness (QED) is 0.225. The van der Waals surface area contributed by atoms with Gasteiger partial charge in [0.25, 0.3) is 0 Å². The highest BCUT2D eigenvalue weighted by molar-refractivity contribution is 5.96. The van der Waals surface area contributed by atoms with Gasteiger partial charge >= 0.3 is 0 Å². The van der Waals surface area contributed by atoms with E-state index in [0.29, 0.717) is 6.54 Å². The van der Waals surface area contributed by atoms with Crippen molar-refractivity contribution in [3.05, 3.63) is 0 Å². The molecule has 2 amide bonds. The second-order valence-electron chi connectivity index (χ2n) is 7.80. The molecule has 4 nitrogen and oxygen atoms in total. The molecule has 0 aliphatic heterocycles. The largest absolute Gasteiger partial charge is 0.356 e. The first-order chi connectivity index (χ1) is 13.2. The molecular formula is C23H46N2O2. The van der Waals surface area contributed by atoms with E-state index in [9.17, 15) is 9.59 Å². The van der Waals surface area contributed by atoms with Crippen molar-refractivity contribution < 1.29 is 9.59 Å². The summed E-state index contributed by atoms with van der Waals surface area (Å²) in [5, 5.41) is 2.85. The number of carbonyl (C=O) groups excluding carboxylic acids is 2. The smallest absolute Gasteiger partial charge is 0.232 e. The fourth-order valence-electron chi connectivity index (χ4n) is 3.22. The molecule has 0 unspecified atom stereocenters. The van der Waals surface area contributed by atoms with Crippen LogP contribution in [0.5, 0.6) is 0 Å². The molecule has 0 heterocycles. The summed E-state index contributed by atoms with van der Waals surface area (Å²) in [7, 11) is 0. The van der Waals surface area contributed by atoms with Gasteiger partial charge in [-0.2, -0.15) is 0 Å². The van der Waals surface area contributed by atoms with Gasteiger partial charge in [0.05, 0.1) is 0 Å². The molecule has 0 saturated carbocycles. The lowest BCUT2D eigenvalue weighted by Crippen LogP contribution is -2.37. The second kappa shape index (κ2) is 19.7. The third-order valence-electron chi connectivity index (χ3n) is 5.08. The third kappa shape index (κ3) is 16.8. The van der Waals surface area contributed by atoms with Crippen molar-refractivity contribution in [1.82, 2.24) is 10.2 Å². The van der Waals surface area contributed by atoms with Crippen LogP contribution in [0.1, 0.15) is 117 Å². The Morgan fingerprint density at radius 2 is 1.11 bits per heavy atom. The van der Waals surface area contributed by atoms with Crippen LogP contribution in [0.4, 0.5) is 0 Å². The van der Waals surface area contributed by atoms with Gasteiger partial charge in [-0.1, -0.05) is 91.4 Å². The van der Waals surface area contributed by atoms with Crippen molar-refractivity contribution in [3.8, 4) is 0 Å². The number of carbonyl (C=O) groups is 2. The number of unbranched alkanes of at least 4 members (excludes halogenated alkanes) is 11. The van der Waals surface area contributed by atoms with Crippen LogP contribution in [0, 0.1) is 0 Å². The van der Waals surface area contributed by atoms with E-state index in [1.54, 1.807) is 0 Å². The first kappa shape index (κ1) is 25.9. The summed E-state index contributed by atoms with van der Waals surface area (Å²) in [6.45, 7) is 8.76. The predicted octanol–water partition coefficient (Wildman–Crippen LogP) is 5.84. The summed E-state index contributed by atoms with van der Waals surface area (Å²) in [6.07, 6.45) is 17.1. The number of nitrogens with one attached hydrogen (secondary N) is 1. The molecule has 0 radical (unpaired) electrons. The molecule has 0 bridgehead atoms. The normalized spacial score (nSPS) is 10.8. The molecular weight excluding hydrogens is 336 g/mol. The Hall–Kier alpha value is -1.06. The van der Waals surface area contributed by atoms with Crippen molar-refractivity contribution in [1.29, 1.82) is 0 Å². The van der Waals surface area contributed by atoms with E-state index in [1.165, 1.54) is 57.8 Å². The van der Waals surface area contributed by atoms with Crippen LogP contribution in [0.15, 0.2) is 0 Å². The molecule has 0 aromatic rings. The van der Waals surface area contributed by atoms with Gasteiger partial charge in [0.2, 0.25) is 11.8 Å². The Kier molecular flexibility index (Phi) is 18.9.